The van der Waals surface area contributed by atoms with Gasteiger partial charge in [-0.25, -0.2) is 13.8 Å². The molecular formula is C26H27F2N5O3. The third-order valence-electron chi connectivity index (χ3n) is 5.86. The number of rotatable bonds is 9. The van der Waals surface area contributed by atoms with E-state index >= 15 is 0 Å². The van der Waals surface area contributed by atoms with Gasteiger partial charge in [0.2, 0.25) is 11.8 Å². The topological polar surface area (TPSA) is 120 Å². The Morgan fingerprint density at radius 2 is 1.83 bits per heavy atom. The smallest absolute Gasteiger partial charge is 0.251 e. The fourth-order valence-electron chi connectivity index (χ4n) is 3.99. The Hall–Kier alpha value is -3.92. The number of carbonyl (C=O) groups excluding carboxylic acids is 1. The number of aryl methyl sites for hydroxylation is 2. The summed E-state index contributed by atoms with van der Waals surface area (Å²) in [6.45, 7) is 3.36. The molecule has 0 fully saturated rings. The summed E-state index contributed by atoms with van der Waals surface area (Å²) < 4.78 is 39.1. The van der Waals surface area contributed by atoms with E-state index in [9.17, 15) is 13.6 Å². The van der Waals surface area contributed by atoms with Crippen LogP contribution in [0, 0.1) is 13.8 Å². The van der Waals surface area contributed by atoms with Crippen molar-refractivity contribution in [3.8, 4) is 11.5 Å². The normalized spacial score (nSPS) is 12.9. The van der Waals surface area contributed by atoms with Gasteiger partial charge in [-0.2, -0.15) is 0 Å². The summed E-state index contributed by atoms with van der Waals surface area (Å²) in [6.07, 6.45) is 0.421. The van der Waals surface area contributed by atoms with Gasteiger partial charge in [0.05, 0.1) is 12.1 Å². The standard InChI is InChI=1S/C26H27F2N5O3/c1-15-22(31-16(2)35-15)14-30-23(34)18-9-19(12-27)21(13-28)20(10-18)24-32-33-25(36-24)26(3,29)11-17-7-5-4-6-8-17/h4-10H,11-14,29H2,1-3H3,(H,30,34). The van der Waals surface area contributed by atoms with Gasteiger partial charge in [0, 0.05) is 23.6 Å². The van der Waals surface area contributed by atoms with Crippen LogP contribution < -0.4 is 11.1 Å². The monoisotopic (exact) mass is 495 g/mol. The molecule has 0 saturated heterocycles. The van der Waals surface area contributed by atoms with E-state index in [4.69, 9.17) is 14.6 Å². The highest BCUT2D eigenvalue weighted by Crippen LogP contribution is 2.31. The average molecular weight is 496 g/mol. The number of carbonyl (C=O) groups is 1. The van der Waals surface area contributed by atoms with Crippen molar-refractivity contribution in [2.75, 3.05) is 0 Å². The van der Waals surface area contributed by atoms with Gasteiger partial charge in [0.1, 0.15) is 24.8 Å². The molecule has 2 aromatic heterocycles. The van der Waals surface area contributed by atoms with Gasteiger partial charge in [-0.3, -0.25) is 4.79 Å². The van der Waals surface area contributed by atoms with E-state index in [1.807, 2.05) is 30.3 Å². The number of nitrogens with one attached hydrogen (secondary N) is 1. The van der Waals surface area contributed by atoms with Gasteiger partial charge in [-0.1, -0.05) is 30.3 Å². The molecule has 2 heterocycles. The molecule has 188 valence electrons. The molecule has 0 spiro atoms. The average Bonchev–Trinajstić information content (AvgIpc) is 3.48. The van der Waals surface area contributed by atoms with E-state index in [0.717, 1.165) is 5.56 Å². The first kappa shape index (κ1) is 25.2. The largest absolute Gasteiger partial charge is 0.446 e. The van der Waals surface area contributed by atoms with Gasteiger partial charge >= 0.3 is 0 Å². The molecule has 0 saturated carbocycles. The van der Waals surface area contributed by atoms with Crippen molar-refractivity contribution >= 4 is 5.91 Å². The molecule has 1 atom stereocenters. The van der Waals surface area contributed by atoms with Crippen LogP contribution in [0.3, 0.4) is 0 Å². The maximum Gasteiger partial charge on any atom is 0.251 e. The van der Waals surface area contributed by atoms with Crippen molar-refractivity contribution in [1.29, 1.82) is 0 Å². The highest BCUT2D eigenvalue weighted by Gasteiger charge is 2.30. The number of aromatic nitrogens is 3. The minimum atomic E-state index is -1.01. The molecule has 2 aromatic carbocycles. The van der Waals surface area contributed by atoms with Crippen molar-refractivity contribution in [2.45, 2.75) is 52.6 Å². The quantitative estimate of drug-likeness (QED) is 0.347. The van der Waals surface area contributed by atoms with E-state index in [-0.39, 0.29) is 40.6 Å². The molecule has 1 unspecified atom stereocenters. The summed E-state index contributed by atoms with van der Waals surface area (Å²) in [5.41, 5.74) is 7.33. The number of nitrogens with zero attached hydrogens (tertiary/aromatic N) is 3. The summed E-state index contributed by atoms with van der Waals surface area (Å²) in [6, 6.07) is 12.3. The minimum absolute atomic E-state index is 0.0214. The van der Waals surface area contributed by atoms with Crippen LogP contribution in [0.1, 0.15) is 57.2 Å². The lowest BCUT2D eigenvalue weighted by molar-refractivity contribution is 0.0950. The molecular weight excluding hydrogens is 468 g/mol. The van der Waals surface area contributed by atoms with Crippen LogP contribution in [0.25, 0.3) is 11.5 Å². The number of hydrogen-bond donors (Lipinski definition) is 2. The van der Waals surface area contributed by atoms with Crippen LogP contribution in [-0.2, 0) is 31.9 Å². The number of halogens is 2. The first-order valence-corrected chi connectivity index (χ1v) is 11.4. The lowest BCUT2D eigenvalue weighted by Crippen LogP contribution is -2.35. The summed E-state index contributed by atoms with van der Waals surface area (Å²) in [5, 5.41) is 10.9. The molecule has 8 nitrogen and oxygen atoms in total. The van der Waals surface area contributed by atoms with Crippen LogP contribution in [0.15, 0.2) is 51.3 Å². The first-order valence-electron chi connectivity index (χ1n) is 11.4. The number of hydrogen-bond acceptors (Lipinski definition) is 7. The Bertz CT molecular complexity index is 1370. The summed E-state index contributed by atoms with van der Waals surface area (Å²) in [4.78, 5) is 17.1. The van der Waals surface area contributed by atoms with Gasteiger partial charge in [0.25, 0.3) is 5.91 Å². The third kappa shape index (κ3) is 5.33. The van der Waals surface area contributed by atoms with Crippen LogP contribution in [-0.4, -0.2) is 21.1 Å². The summed E-state index contributed by atoms with van der Waals surface area (Å²) in [7, 11) is 0. The maximum atomic E-state index is 14.0. The molecule has 3 N–H and O–H groups in total. The number of nitrogens with two attached hydrogens (primary N) is 1. The Labute approximate surface area is 206 Å². The van der Waals surface area contributed by atoms with Gasteiger partial charge < -0.3 is 19.9 Å². The van der Waals surface area contributed by atoms with Crippen molar-refractivity contribution in [1.82, 2.24) is 20.5 Å². The van der Waals surface area contributed by atoms with Gasteiger partial charge in [0.15, 0.2) is 5.89 Å². The van der Waals surface area contributed by atoms with Crippen molar-refractivity contribution in [3.05, 3.63) is 88.0 Å². The predicted octanol–water partition coefficient (Wildman–Crippen LogP) is 4.63. The summed E-state index contributed by atoms with van der Waals surface area (Å²) >= 11 is 0. The number of oxazole rings is 1. The Morgan fingerprint density at radius 1 is 1.08 bits per heavy atom. The minimum Gasteiger partial charge on any atom is -0.446 e. The fourth-order valence-corrected chi connectivity index (χ4v) is 3.99. The predicted molar refractivity (Wildman–Crippen MR) is 128 cm³/mol. The fraction of sp³-hybridized carbons (Fsp3) is 0.308. The van der Waals surface area contributed by atoms with E-state index in [0.29, 0.717) is 23.8 Å². The van der Waals surface area contributed by atoms with Crippen molar-refractivity contribution in [2.24, 2.45) is 5.73 Å². The maximum absolute atomic E-state index is 14.0. The third-order valence-corrected chi connectivity index (χ3v) is 5.86. The summed E-state index contributed by atoms with van der Waals surface area (Å²) in [5.74, 6) is 0.667. The van der Waals surface area contributed by atoms with E-state index < -0.39 is 24.8 Å². The second-order valence-corrected chi connectivity index (χ2v) is 8.84. The Balaban J connectivity index is 1.63. The molecule has 0 aliphatic carbocycles. The Morgan fingerprint density at radius 3 is 2.47 bits per heavy atom. The number of amides is 1. The van der Waals surface area contributed by atoms with E-state index in [1.165, 1.54) is 12.1 Å². The number of alkyl halides is 2. The molecule has 4 rings (SSSR count). The molecule has 0 bridgehead atoms. The van der Waals surface area contributed by atoms with Crippen molar-refractivity contribution in [3.63, 3.8) is 0 Å². The lowest BCUT2D eigenvalue weighted by atomic mass is 9.94. The zero-order valence-electron chi connectivity index (χ0n) is 20.3. The van der Waals surface area contributed by atoms with Crippen molar-refractivity contribution < 1.29 is 22.4 Å². The highest BCUT2D eigenvalue weighted by atomic mass is 19.1. The Kier molecular flexibility index (Phi) is 7.25. The second kappa shape index (κ2) is 10.4. The molecule has 1 amide bonds. The molecule has 10 heteroatoms. The van der Waals surface area contributed by atoms with Crippen LogP contribution in [0.2, 0.25) is 0 Å². The van der Waals surface area contributed by atoms with Gasteiger partial charge in [-0.05, 0) is 43.5 Å². The molecule has 4 aromatic rings. The van der Waals surface area contributed by atoms with Gasteiger partial charge in [-0.15, -0.1) is 10.2 Å². The zero-order valence-corrected chi connectivity index (χ0v) is 20.3. The zero-order chi connectivity index (χ0) is 25.9. The van der Waals surface area contributed by atoms with E-state index in [2.05, 4.69) is 20.5 Å². The molecule has 36 heavy (non-hydrogen) atoms. The number of benzene rings is 2. The lowest BCUT2D eigenvalue weighted by Gasteiger charge is -2.20. The van der Waals surface area contributed by atoms with Crippen LogP contribution in [0.4, 0.5) is 8.78 Å². The molecule has 0 aliphatic rings. The van der Waals surface area contributed by atoms with Crippen LogP contribution >= 0.6 is 0 Å². The van der Waals surface area contributed by atoms with Crippen LogP contribution in [0.5, 0.6) is 0 Å². The molecule has 0 radical (unpaired) electrons. The second-order valence-electron chi connectivity index (χ2n) is 8.84. The molecule has 0 aliphatic heterocycles. The first-order chi connectivity index (χ1) is 17.2. The van der Waals surface area contributed by atoms with E-state index in [1.54, 1.807) is 20.8 Å². The highest BCUT2D eigenvalue weighted by molar-refractivity contribution is 5.95. The SMILES string of the molecule is Cc1nc(CNC(=O)c2cc(CF)c(CF)c(-c3nnc(C(C)(N)Cc4ccccc4)o3)c2)c(C)o1.